The van der Waals surface area contributed by atoms with Crippen molar-refractivity contribution in [1.82, 2.24) is 20.3 Å². The highest BCUT2D eigenvalue weighted by molar-refractivity contribution is 5.90. The Hall–Kier alpha value is -2.54. The Morgan fingerprint density at radius 1 is 1.13 bits per heavy atom. The molecule has 172 valence electrons. The van der Waals surface area contributed by atoms with E-state index in [9.17, 15) is 9.59 Å². The number of carbonyl (C=O) groups is 2. The van der Waals surface area contributed by atoms with Gasteiger partial charge in [0.05, 0.1) is 17.9 Å². The lowest BCUT2D eigenvalue weighted by Crippen LogP contribution is -2.44. The Labute approximate surface area is 184 Å². The van der Waals surface area contributed by atoms with E-state index < -0.39 is 6.04 Å². The minimum atomic E-state index is -0.449. The molecular formula is C23H43N5O2. The van der Waals surface area contributed by atoms with E-state index in [0.717, 1.165) is 0 Å². The van der Waals surface area contributed by atoms with Gasteiger partial charge in [0.25, 0.3) is 0 Å². The molecule has 0 saturated carbocycles. The van der Waals surface area contributed by atoms with Crippen molar-refractivity contribution in [2.45, 2.75) is 74.0 Å². The van der Waals surface area contributed by atoms with E-state index in [2.05, 4.69) is 34.7 Å². The fraction of sp³-hybridized carbons (Fsp3) is 0.565. The lowest BCUT2D eigenvalue weighted by atomic mass is 9.94. The number of hydrogen-bond acceptors (Lipinski definition) is 5. The summed E-state index contributed by atoms with van der Waals surface area (Å²) in [5.41, 5.74) is 7.39. The highest BCUT2D eigenvalue weighted by atomic mass is 16.2. The van der Waals surface area contributed by atoms with Crippen molar-refractivity contribution in [3.8, 4) is 0 Å². The Bertz CT molecular complexity index is 737. The molecule has 7 nitrogen and oxygen atoms in total. The van der Waals surface area contributed by atoms with Crippen LogP contribution in [0.25, 0.3) is 0 Å². The van der Waals surface area contributed by atoms with Crippen LogP contribution in [-0.4, -0.2) is 32.7 Å². The van der Waals surface area contributed by atoms with Crippen LogP contribution in [0.5, 0.6) is 0 Å². The van der Waals surface area contributed by atoms with Crippen LogP contribution < -0.4 is 11.1 Å². The summed E-state index contributed by atoms with van der Waals surface area (Å²) in [7, 11) is 0. The predicted octanol–water partition coefficient (Wildman–Crippen LogP) is 4.01. The Morgan fingerprint density at radius 2 is 1.73 bits per heavy atom. The van der Waals surface area contributed by atoms with Gasteiger partial charge in [0.1, 0.15) is 6.54 Å². The summed E-state index contributed by atoms with van der Waals surface area (Å²) in [6, 6.07) is 9.81. The average molecular weight is 422 g/mol. The maximum Gasteiger partial charge on any atom is 0.242 e. The van der Waals surface area contributed by atoms with E-state index >= 15 is 0 Å². The maximum atomic E-state index is 12.2. The molecule has 2 aromatic rings. The molecule has 7 heteroatoms. The first-order valence-corrected chi connectivity index (χ1v) is 10.7. The number of amides is 1. The third kappa shape index (κ3) is 11.5. The van der Waals surface area contributed by atoms with Crippen molar-refractivity contribution >= 4 is 11.7 Å². The molecule has 3 N–H and O–H groups in total. The SMILES string of the molecule is CC.CC(C)C[C@H](NC(=O)Cn1cc(CN)nn1)C(=O)C(C)C.Cc1ccccc1.[HH].[HH]. The lowest BCUT2D eigenvalue weighted by molar-refractivity contribution is -0.130. The zero-order valence-electron chi connectivity index (χ0n) is 19.6. The lowest BCUT2D eigenvalue weighted by Gasteiger charge is -2.21. The second-order valence-electron chi connectivity index (χ2n) is 7.57. The summed E-state index contributed by atoms with van der Waals surface area (Å²) in [6.45, 7) is 14.1. The number of nitrogens with one attached hydrogen (secondary N) is 1. The van der Waals surface area contributed by atoms with E-state index in [0.29, 0.717) is 18.0 Å². The smallest absolute Gasteiger partial charge is 0.242 e. The standard InChI is InChI=1S/C14H25N5O2.C7H8.C2H6.2H2/c1-9(2)5-12(14(21)10(3)4)16-13(20)8-19-7-11(6-15)17-18-19;1-7-5-3-2-4-6-7;1-2;;/h7,9-10,12H,5-6,8,15H2,1-4H3,(H,16,20);2-6H,1H3;1-2H3;2*1H/t12-;;;;/m0..../s1. The summed E-state index contributed by atoms with van der Waals surface area (Å²) in [5, 5.41) is 10.4. The minimum Gasteiger partial charge on any atom is -0.345 e. The predicted molar refractivity (Wildman–Crippen MR) is 126 cm³/mol. The van der Waals surface area contributed by atoms with Crippen LogP contribution >= 0.6 is 0 Å². The zero-order chi connectivity index (χ0) is 23.1. The van der Waals surface area contributed by atoms with Gasteiger partial charge in [-0.15, -0.1) is 5.10 Å². The van der Waals surface area contributed by atoms with Crippen LogP contribution in [-0.2, 0) is 22.7 Å². The van der Waals surface area contributed by atoms with Crippen LogP contribution in [0.15, 0.2) is 36.5 Å². The van der Waals surface area contributed by atoms with Gasteiger partial charge in [-0.05, 0) is 19.3 Å². The van der Waals surface area contributed by atoms with Gasteiger partial charge < -0.3 is 11.1 Å². The summed E-state index contributed by atoms with van der Waals surface area (Å²) in [4.78, 5) is 24.2. The van der Waals surface area contributed by atoms with Crippen molar-refractivity contribution in [2.75, 3.05) is 0 Å². The normalized spacial score (nSPS) is 11.1. The topological polar surface area (TPSA) is 103 Å². The number of aromatic nitrogens is 3. The van der Waals surface area contributed by atoms with Gasteiger partial charge >= 0.3 is 0 Å². The van der Waals surface area contributed by atoms with Crippen LogP contribution in [0, 0.1) is 18.8 Å². The average Bonchev–Trinajstić information content (AvgIpc) is 3.16. The number of aryl methyl sites for hydroxylation is 1. The van der Waals surface area contributed by atoms with Crippen LogP contribution in [0.2, 0.25) is 0 Å². The van der Waals surface area contributed by atoms with Gasteiger partial charge in [0.15, 0.2) is 5.78 Å². The molecule has 0 aliphatic carbocycles. The van der Waals surface area contributed by atoms with Crippen molar-refractivity contribution in [1.29, 1.82) is 0 Å². The summed E-state index contributed by atoms with van der Waals surface area (Å²) < 4.78 is 1.42. The molecule has 1 atom stereocenters. The molecule has 0 radical (unpaired) electrons. The van der Waals surface area contributed by atoms with E-state index in [1.807, 2.05) is 59.7 Å². The van der Waals surface area contributed by atoms with E-state index in [4.69, 9.17) is 5.73 Å². The molecule has 1 aromatic heterocycles. The Morgan fingerprint density at radius 3 is 2.13 bits per heavy atom. The summed E-state index contributed by atoms with van der Waals surface area (Å²) in [5.74, 6) is 0.0267. The molecule has 0 aliphatic heterocycles. The molecular weight excluding hydrogens is 378 g/mol. The number of nitrogens with two attached hydrogens (primary N) is 1. The first-order chi connectivity index (χ1) is 14.2. The van der Waals surface area contributed by atoms with Gasteiger partial charge in [-0.25, -0.2) is 4.68 Å². The third-order valence-corrected chi connectivity index (χ3v) is 4.00. The molecule has 0 bridgehead atoms. The molecule has 0 saturated heterocycles. The Balaban J connectivity index is -0.000000645. The second kappa shape index (κ2) is 15.3. The maximum absolute atomic E-state index is 12.2. The van der Waals surface area contributed by atoms with Gasteiger partial charge in [-0.2, -0.15) is 0 Å². The highest BCUT2D eigenvalue weighted by Crippen LogP contribution is 2.10. The number of benzene rings is 1. The molecule has 1 aromatic carbocycles. The number of ketones is 1. The number of nitrogens with zero attached hydrogens (tertiary/aromatic N) is 3. The molecule has 0 spiro atoms. The van der Waals surface area contributed by atoms with E-state index in [-0.39, 0.29) is 33.6 Å². The molecule has 2 rings (SSSR count). The van der Waals surface area contributed by atoms with Gasteiger partial charge in [0.2, 0.25) is 5.91 Å². The van der Waals surface area contributed by atoms with Crippen LogP contribution in [0.3, 0.4) is 0 Å². The quantitative estimate of drug-likeness (QED) is 0.670. The van der Waals surface area contributed by atoms with Crippen molar-refractivity contribution in [3.63, 3.8) is 0 Å². The van der Waals surface area contributed by atoms with Gasteiger partial charge in [0, 0.05) is 15.3 Å². The molecule has 0 aliphatic rings. The Kier molecular flexibility index (Phi) is 14.0. The number of Topliss-reactive ketones (excluding diaryl/α,β-unsaturated/α-hetero) is 1. The molecule has 30 heavy (non-hydrogen) atoms. The molecule has 1 heterocycles. The van der Waals surface area contributed by atoms with Gasteiger partial charge in [-0.3, -0.25) is 9.59 Å². The van der Waals surface area contributed by atoms with Crippen LogP contribution in [0.4, 0.5) is 0 Å². The number of rotatable bonds is 8. The van der Waals surface area contributed by atoms with Crippen molar-refractivity contribution in [2.24, 2.45) is 17.6 Å². The van der Waals surface area contributed by atoms with Gasteiger partial charge in [-0.1, -0.05) is 82.7 Å². The summed E-state index contributed by atoms with van der Waals surface area (Å²) >= 11 is 0. The van der Waals surface area contributed by atoms with Crippen molar-refractivity contribution < 1.29 is 12.4 Å². The fourth-order valence-corrected chi connectivity index (χ4v) is 2.55. The number of hydrogen-bond donors (Lipinski definition) is 2. The molecule has 0 fully saturated rings. The monoisotopic (exact) mass is 421 g/mol. The highest BCUT2D eigenvalue weighted by Gasteiger charge is 2.24. The first-order valence-electron chi connectivity index (χ1n) is 10.7. The third-order valence-electron chi connectivity index (χ3n) is 4.00. The fourth-order valence-electron chi connectivity index (χ4n) is 2.55. The minimum absolute atomic E-state index is 0. The van der Waals surface area contributed by atoms with E-state index in [1.54, 1.807) is 6.20 Å². The van der Waals surface area contributed by atoms with E-state index in [1.165, 1.54) is 10.2 Å². The number of carbonyl (C=O) groups excluding carboxylic acids is 2. The summed E-state index contributed by atoms with van der Waals surface area (Å²) in [6.07, 6.45) is 2.26. The zero-order valence-corrected chi connectivity index (χ0v) is 19.6. The molecule has 1 amide bonds. The molecule has 0 unspecified atom stereocenters. The first kappa shape index (κ1) is 27.5. The van der Waals surface area contributed by atoms with Crippen molar-refractivity contribution in [3.05, 3.63) is 47.8 Å². The second-order valence-corrected chi connectivity index (χ2v) is 7.57. The largest absolute Gasteiger partial charge is 0.345 e. The van der Waals surface area contributed by atoms with Crippen LogP contribution in [0.1, 0.15) is 62.1 Å².